The Kier molecular flexibility index (Phi) is 7.06. The van der Waals surface area contributed by atoms with E-state index in [2.05, 4.69) is 0 Å². The fourth-order valence-corrected chi connectivity index (χ4v) is 8.61. The highest BCUT2D eigenvalue weighted by Crippen LogP contribution is 2.58. The molecule has 10 heteroatoms. The number of carbonyl (C=O) groups is 2. The van der Waals surface area contributed by atoms with Gasteiger partial charge in [-0.25, -0.2) is 4.39 Å². The van der Waals surface area contributed by atoms with Crippen LogP contribution in [0.25, 0.3) is 0 Å². The number of carbonyl (C=O) groups excluding carboxylic acids is 2. The number of rotatable bonds is 8. The van der Waals surface area contributed by atoms with Crippen molar-refractivity contribution in [3.05, 3.63) is 71.2 Å². The number of hydrogen-bond acceptors (Lipinski definition) is 4. The average Bonchev–Trinajstić information content (AvgIpc) is 3.48. The molecule has 234 valence electrons. The Morgan fingerprint density at radius 1 is 1.02 bits per heavy atom. The maximum absolute atomic E-state index is 14.8. The number of fused-ring (bicyclic) bond motifs is 3. The Morgan fingerprint density at radius 3 is 2.50 bits per heavy atom. The summed E-state index contributed by atoms with van der Waals surface area (Å²) in [6, 6.07) is 8.08. The number of hydrogen-bond donors (Lipinski definition) is 2. The molecule has 5 saturated carbocycles. The van der Waals surface area contributed by atoms with E-state index in [0.29, 0.717) is 49.5 Å². The third-order valence-corrected chi connectivity index (χ3v) is 11.0. The first-order valence-electron chi connectivity index (χ1n) is 15.6. The van der Waals surface area contributed by atoms with Gasteiger partial charge in [-0.1, -0.05) is 6.07 Å². The van der Waals surface area contributed by atoms with Crippen LogP contribution in [0.5, 0.6) is 5.75 Å². The lowest BCUT2D eigenvalue weighted by atomic mass is 9.64. The molecule has 44 heavy (non-hydrogen) atoms. The highest BCUT2D eigenvalue weighted by atomic mass is 19.4. The summed E-state index contributed by atoms with van der Waals surface area (Å²) in [7, 11) is 0. The summed E-state index contributed by atoms with van der Waals surface area (Å²) in [4.78, 5) is 28.5. The molecule has 2 aromatic carbocycles. The molecule has 0 aliphatic heterocycles. The van der Waals surface area contributed by atoms with E-state index < -0.39 is 40.8 Å². The second kappa shape index (κ2) is 10.6. The first-order valence-corrected chi connectivity index (χ1v) is 15.6. The second-order valence-electron chi connectivity index (χ2n) is 13.7. The van der Waals surface area contributed by atoms with E-state index >= 15 is 0 Å². The van der Waals surface area contributed by atoms with E-state index in [9.17, 15) is 32.3 Å². The number of alkyl halides is 3. The molecular weight excluding hydrogens is 576 g/mol. The average molecular weight is 613 g/mol. The first-order chi connectivity index (χ1) is 20.9. The van der Waals surface area contributed by atoms with E-state index in [1.54, 1.807) is 18.4 Å². The van der Waals surface area contributed by atoms with Crippen molar-refractivity contribution in [1.29, 1.82) is 0 Å². The Hall–Kier alpha value is -3.40. The van der Waals surface area contributed by atoms with E-state index in [-0.39, 0.29) is 41.4 Å². The Balaban J connectivity index is 1.32. The fraction of sp³-hybridized carbons (Fsp3) is 0.529. The summed E-state index contributed by atoms with van der Waals surface area (Å²) in [5, 5.41) is 10.2. The molecule has 7 rings (SSSR count). The molecule has 6 nitrogen and oxygen atoms in total. The second-order valence-corrected chi connectivity index (χ2v) is 13.7. The molecule has 0 heterocycles. The summed E-state index contributed by atoms with van der Waals surface area (Å²) in [6.07, 6.45) is 4.38. The van der Waals surface area contributed by atoms with Gasteiger partial charge in [0.25, 0.3) is 5.91 Å². The summed E-state index contributed by atoms with van der Waals surface area (Å²) in [6.45, 7) is 0. The molecule has 0 saturated heterocycles. The zero-order valence-electron chi connectivity index (χ0n) is 24.2. The SMILES string of the molecule is NC(=O)C1CC2(N(C(=O)c3cc(C4CC5CC(O)CC54)ccc3O/C=C\C3CC3)c3ccc(F)c(C(F)(F)F)c3)CCC1C2. The molecule has 2 bridgehead atoms. The smallest absolute Gasteiger partial charge is 0.419 e. The Bertz CT molecular complexity index is 1520. The third-order valence-electron chi connectivity index (χ3n) is 11.0. The van der Waals surface area contributed by atoms with Crippen molar-refractivity contribution in [1.82, 2.24) is 0 Å². The number of nitrogens with two attached hydrogens (primary N) is 1. The fourth-order valence-electron chi connectivity index (χ4n) is 8.61. The Morgan fingerprint density at radius 2 is 1.82 bits per heavy atom. The molecule has 0 aromatic heterocycles. The van der Waals surface area contributed by atoms with Crippen LogP contribution in [-0.4, -0.2) is 28.6 Å². The standard InChI is InChI=1S/C34H36F4N2O4/c35-29-5-4-22(14-28(29)34(36,37)38)40(33-9-7-20(16-33)27(17-33)31(39)42)32(43)26-12-19(24-13-21-11-23(41)15-25(21)24)3-6-30(26)44-10-8-18-1-2-18/h3-6,8,10,12,14,18,20-21,23-25,27,41H,1-2,7,9,11,13,15-17H2,(H2,39,42)/b10-8-. The van der Waals surface area contributed by atoms with Crippen molar-refractivity contribution in [3.63, 3.8) is 0 Å². The highest BCUT2D eigenvalue weighted by molar-refractivity contribution is 6.09. The third kappa shape index (κ3) is 5.08. The molecule has 5 fully saturated rings. The molecule has 2 amide bonds. The van der Waals surface area contributed by atoms with Crippen molar-refractivity contribution in [2.75, 3.05) is 4.90 Å². The van der Waals surface area contributed by atoms with E-state index in [1.807, 2.05) is 12.1 Å². The molecule has 5 aliphatic carbocycles. The van der Waals surface area contributed by atoms with Crippen molar-refractivity contribution >= 4 is 17.5 Å². The number of benzene rings is 2. The quantitative estimate of drug-likeness (QED) is 0.256. The van der Waals surface area contributed by atoms with Gasteiger partial charge >= 0.3 is 6.18 Å². The summed E-state index contributed by atoms with van der Waals surface area (Å²) in [5.41, 5.74) is 4.33. The van der Waals surface area contributed by atoms with E-state index in [1.165, 1.54) is 11.0 Å². The predicted octanol–water partition coefficient (Wildman–Crippen LogP) is 6.71. The number of allylic oxidation sites excluding steroid dienone is 1. The molecule has 5 aliphatic rings. The lowest BCUT2D eigenvalue weighted by molar-refractivity contribution is -0.140. The van der Waals surface area contributed by atoms with Gasteiger partial charge in [-0.05, 0) is 129 Å². The molecule has 3 N–H and O–H groups in total. The van der Waals surface area contributed by atoms with E-state index in [4.69, 9.17) is 10.5 Å². The zero-order valence-corrected chi connectivity index (χ0v) is 24.2. The molecule has 0 radical (unpaired) electrons. The van der Waals surface area contributed by atoms with Crippen LogP contribution in [0.3, 0.4) is 0 Å². The number of aliphatic hydroxyl groups excluding tert-OH is 1. The first kappa shape index (κ1) is 29.3. The number of amides is 2. The maximum Gasteiger partial charge on any atom is 0.419 e. The van der Waals surface area contributed by atoms with Crippen molar-refractivity contribution in [3.8, 4) is 5.75 Å². The molecule has 0 spiro atoms. The number of primary amides is 1. The molecule has 7 atom stereocenters. The minimum Gasteiger partial charge on any atom is -0.464 e. The van der Waals surface area contributed by atoms with E-state index in [0.717, 1.165) is 37.3 Å². The van der Waals surface area contributed by atoms with Crippen LogP contribution in [0.15, 0.2) is 48.7 Å². The van der Waals surface area contributed by atoms with Crippen molar-refractivity contribution in [2.45, 2.75) is 81.5 Å². The van der Waals surface area contributed by atoms with Gasteiger partial charge in [0.05, 0.1) is 23.5 Å². The number of aliphatic hydroxyl groups is 1. The highest BCUT2D eigenvalue weighted by Gasteiger charge is 2.57. The topological polar surface area (TPSA) is 92.9 Å². The maximum atomic E-state index is 14.8. The van der Waals surface area contributed by atoms with Crippen LogP contribution in [0.1, 0.15) is 85.2 Å². The molecule has 7 unspecified atom stereocenters. The van der Waals surface area contributed by atoms with Crippen LogP contribution in [0.2, 0.25) is 0 Å². The van der Waals surface area contributed by atoms with Crippen LogP contribution >= 0.6 is 0 Å². The van der Waals surface area contributed by atoms with Crippen LogP contribution in [-0.2, 0) is 11.0 Å². The summed E-state index contributed by atoms with van der Waals surface area (Å²) < 4.78 is 62.1. The number of halogens is 4. The number of anilines is 1. The monoisotopic (exact) mass is 612 g/mol. The van der Waals surface area contributed by atoms with Gasteiger partial charge in [0, 0.05) is 17.1 Å². The Labute approximate surface area is 253 Å². The lowest BCUT2D eigenvalue weighted by Crippen LogP contribution is -2.51. The largest absolute Gasteiger partial charge is 0.464 e. The zero-order chi connectivity index (χ0) is 31.0. The molecule has 2 aromatic rings. The summed E-state index contributed by atoms with van der Waals surface area (Å²) >= 11 is 0. The minimum absolute atomic E-state index is 0.0815. The van der Waals surface area contributed by atoms with Crippen LogP contribution < -0.4 is 15.4 Å². The summed E-state index contributed by atoms with van der Waals surface area (Å²) in [5.74, 6) is -1.50. The van der Waals surface area contributed by atoms with Gasteiger partial charge < -0.3 is 20.5 Å². The van der Waals surface area contributed by atoms with Crippen molar-refractivity contribution in [2.24, 2.45) is 35.3 Å². The van der Waals surface area contributed by atoms with Gasteiger partial charge in [-0.2, -0.15) is 13.2 Å². The van der Waals surface area contributed by atoms with Crippen LogP contribution in [0.4, 0.5) is 23.2 Å². The van der Waals surface area contributed by atoms with Crippen LogP contribution in [0, 0.1) is 35.4 Å². The van der Waals surface area contributed by atoms with Gasteiger partial charge in [-0.3, -0.25) is 9.59 Å². The number of nitrogens with zero attached hydrogens (tertiary/aromatic N) is 1. The van der Waals surface area contributed by atoms with Crippen molar-refractivity contribution < 1.29 is 37.0 Å². The normalized spacial score (nSPS) is 32.5. The van der Waals surface area contributed by atoms with Gasteiger partial charge in [-0.15, -0.1) is 0 Å². The lowest BCUT2D eigenvalue weighted by Gasteiger charge is -2.42. The number of ether oxygens (including phenoxy) is 1. The predicted molar refractivity (Wildman–Crippen MR) is 154 cm³/mol. The minimum atomic E-state index is -4.97. The van der Waals surface area contributed by atoms with Gasteiger partial charge in [0.1, 0.15) is 11.6 Å². The molecular formula is C34H36F4N2O4. The van der Waals surface area contributed by atoms with Gasteiger partial charge in [0.15, 0.2) is 0 Å². The van der Waals surface area contributed by atoms with Gasteiger partial charge in [0.2, 0.25) is 5.91 Å².